The van der Waals surface area contributed by atoms with Crippen molar-refractivity contribution >= 4 is 46.6 Å². The van der Waals surface area contributed by atoms with Crippen LogP contribution in [0.3, 0.4) is 0 Å². The van der Waals surface area contributed by atoms with Crippen LogP contribution in [-0.4, -0.2) is 29.3 Å². The number of benzene rings is 2. The normalized spacial score (nSPS) is 10.5. The minimum atomic E-state index is -0.166. The highest BCUT2D eigenvalue weighted by Gasteiger charge is 2.09. The van der Waals surface area contributed by atoms with E-state index in [1.54, 1.807) is 44.7 Å². The van der Waals surface area contributed by atoms with Gasteiger partial charge in [0.15, 0.2) is 5.75 Å². The Kier molecular flexibility index (Phi) is 6.15. The van der Waals surface area contributed by atoms with E-state index in [-0.39, 0.29) is 15.8 Å². The molecule has 1 heterocycles. The molecule has 0 unspecified atom stereocenters. The van der Waals surface area contributed by atoms with E-state index in [1.165, 1.54) is 11.8 Å². The Balaban J connectivity index is 1.82. The second-order valence-corrected chi connectivity index (χ2v) is 7.19. The summed E-state index contributed by atoms with van der Waals surface area (Å²) < 4.78 is 10.6. The zero-order valence-corrected chi connectivity index (χ0v) is 16.7. The SMILES string of the molecule is COc1cc(OC)cc(Sc2ccnc(Nc3cc(Cl)c(O)c(Cl)c3)n2)c1. The number of phenolic OH excluding ortho intramolecular Hbond substituents is 1. The summed E-state index contributed by atoms with van der Waals surface area (Å²) in [5.74, 6) is 1.59. The molecule has 0 aliphatic heterocycles. The highest BCUT2D eigenvalue weighted by molar-refractivity contribution is 7.99. The van der Waals surface area contributed by atoms with Gasteiger partial charge in [0.05, 0.1) is 24.3 Å². The molecule has 1 aromatic heterocycles. The molecule has 0 fully saturated rings. The van der Waals surface area contributed by atoms with Crippen LogP contribution in [-0.2, 0) is 0 Å². The van der Waals surface area contributed by atoms with Gasteiger partial charge in [-0.25, -0.2) is 9.97 Å². The molecule has 0 aliphatic carbocycles. The molecular weight excluding hydrogens is 409 g/mol. The van der Waals surface area contributed by atoms with Crippen LogP contribution < -0.4 is 14.8 Å². The number of hydrogen-bond donors (Lipinski definition) is 2. The highest BCUT2D eigenvalue weighted by Crippen LogP contribution is 2.36. The van der Waals surface area contributed by atoms with E-state index >= 15 is 0 Å². The summed E-state index contributed by atoms with van der Waals surface area (Å²) in [4.78, 5) is 9.57. The topological polar surface area (TPSA) is 76.5 Å². The fourth-order valence-electron chi connectivity index (χ4n) is 2.19. The lowest BCUT2D eigenvalue weighted by molar-refractivity contribution is 0.392. The van der Waals surface area contributed by atoms with Gasteiger partial charge < -0.3 is 19.9 Å². The largest absolute Gasteiger partial charge is 0.505 e. The van der Waals surface area contributed by atoms with Gasteiger partial charge in [0.2, 0.25) is 5.95 Å². The second-order valence-electron chi connectivity index (χ2n) is 5.28. The van der Waals surface area contributed by atoms with E-state index in [1.807, 2.05) is 12.1 Å². The molecule has 0 saturated carbocycles. The number of aromatic hydroxyl groups is 1. The van der Waals surface area contributed by atoms with E-state index in [0.29, 0.717) is 23.1 Å². The third kappa shape index (κ3) is 4.88. The van der Waals surface area contributed by atoms with Gasteiger partial charge >= 0.3 is 0 Å². The van der Waals surface area contributed by atoms with Crippen molar-refractivity contribution in [3.8, 4) is 17.2 Å². The van der Waals surface area contributed by atoms with E-state index in [4.69, 9.17) is 32.7 Å². The van der Waals surface area contributed by atoms with Crippen molar-refractivity contribution < 1.29 is 14.6 Å². The molecule has 0 radical (unpaired) electrons. The first-order valence-corrected chi connectivity index (χ1v) is 9.24. The van der Waals surface area contributed by atoms with Crippen LogP contribution in [0, 0.1) is 0 Å². The van der Waals surface area contributed by atoms with Crippen molar-refractivity contribution in [3.05, 3.63) is 52.6 Å². The van der Waals surface area contributed by atoms with Gasteiger partial charge in [-0.2, -0.15) is 0 Å². The fraction of sp³-hybridized carbons (Fsp3) is 0.111. The van der Waals surface area contributed by atoms with E-state index in [9.17, 15) is 5.11 Å². The molecule has 0 saturated heterocycles. The fourth-order valence-corrected chi connectivity index (χ4v) is 3.53. The van der Waals surface area contributed by atoms with Crippen LogP contribution in [0.4, 0.5) is 11.6 Å². The van der Waals surface area contributed by atoms with Crippen LogP contribution in [0.15, 0.2) is 52.5 Å². The molecule has 9 heteroatoms. The molecule has 3 rings (SSSR count). The number of nitrogens with one attached hydrogen (secondary N) is 1. The number of methoxy groups -OCH3 is 2. The van der Waals surface area contributed by atoms with Crippen molar-refractivity contribution in [3.63, 3.8) is 0 Å². The van der Waals surface area contributed by atoms with Crippen LogP contribution in [0.1, 0.15) is 0 Å². The third-order valence-electron chi connectivity index (χ3n) is 3.45. The molecule has 27 heavy (non-hydrogen) atoms. The summed E-state index contributed by atoms with van der Waals surface area (Å²) in [7, 11) is 3.20. The van der Waals surface area contributed by atoms with E-state index < -0.39 is 0 Å². The molecule has 6 nitrogen and oxygen atoms in total. The summed E-state index contributed by atoms with van der Waals surface area (Å²) >= 11 is 13.3. The van der Waals surface area contributed by atoms with Gasteiger partial charge in [-0.05, 0) is 30.3 Å². The Hall–Kier alpha value is -2.35. The predicted octanol–water partition coefficient (Wildman–Crippen LogP) is 5.40. The first kappa shape index (κ1) is 19.4. The van der Waals surface area contributed by atoms with Gasteiger partial charge in [0, 0.05) is 22.8 Å². The number of phenols is 1. The standard InChI is InChI=1S/C18H15Cl2N3O3S/c1-25-11-7-12(26-2)9-13(8-11)27-16-3-4-21-18(23-16)22-10-5-14(19)17(24)15(20)6-10/h3-9,24H,1-2H3,(H,21,22,23). The molecule has 0 aliphatic rings. The number of halogens is 2. The van der Waals surface area contributed by atoms with Gasteiger partial charge in [-0.15, -0.1) is 0 Å². The number of anilines is 2. The number of aromatic nitrogens is 2. The zero-order valence-electron chi connectivity index (χ0n) is 14.4. The van der Waals surface area contributed by atoms with Crippen molar-refractivity contribution in [1.82, 2.24) is 9.97 Å². The Morgan fingerprint density at radius 2 is 1.63 bits per heavy atom. The molecule has 0 amide bonds. The molecule has 0 atom stereocenters. The lowest BCUT2D eigenvalue weighted by Crippen LogP contribution is -1.97. The Bertz CT molecular complexity index is 927. The lowest BCUT2D eigenvalue weighted by Gasteiger charge is -2.10. The Labute approximate surface area is 170 Å². The predicted molar refractivity (Wildman–Crippen MR) is 107 cm³/mol. The van der Waals surface area contributed by atoms with Crippen molar-refractivity contribution in [2.75, 3.05) is 19.5 Å². The van der Waals surface area contributed by atoms with Gasteiger partial charge in [0.25, 0.3) is 0 Å². The number of rotatable bonds is 6. The van der Waals surface area contributed by atoms with E-state index in [0.717, 1.165) is 9.92 Å². The minimum absolute atomic E-state index is 0.138. The van der Waals surface area contributed by atoms with Crippen molar-refractivity contribution in [2.24, 2.45) is 0 Å². The minimum Gasteiger partial charge on any atom is -0.505 e. The maximum atomic E-state index is 9.64. The molecule has 2 N–H and O–H groups in total. The number of hydrogen-bond acceptors (Lipinski definition) is 7. The van der Waals surface area contributed by atoms with Gasteiger partial charge in [0.1, 0.15) is 16.5 Å². The second kappa shape index (κ2) is 8.56. The molecule has 3 aromatic rings. The molecule has 0 bridgehead atoms. The summed E-state index contributed by atoms with van der Waals surface area (Å²) in [5.41, 5.74) is 0.563. The monoisotopic (exact) mass is 423 g/mol. The number of nitrogens with zero attached hydrogens (tertiary/aromatic N) is 2. The third-order valence-corrected chi connectivity index (χ3v) is 4.93. The summed E-state index contributed by atoms with van der Waals surface area (Å²) in [6.45, 7) is 0. The summed E-state index contributed by atoms with van der Waals surface area (Å²) in [6, 6.07) is 10.5. The lowest BCUT2D eigenvalue weighted by atomic mass is 10.3. The van der Waals surface area contributed by atoms with Crippen molar-refractivity contribution in [2.45, 2.75) is 9.92 Å². The highest BCUT2D eigenvalue weighted by atomic mass is 35.5. The molecule has 140 valence electrons. The van der Waals surface area contributed by atoms with Crippen LogP contribution in [0.5, 0.6) is 17.2 Å². The Morgan fingerprint density at radius 3 is 2.22 bits per heavy atom. The first-order chi connectivity index (χ1) is 13.0. The smallest absolute Gasteiger partial charge is 0.228 e. The molecule has 0 spiro atoms. The maximum Gasteiger partial charge on any atom is 0.228 e. The number of ether oxygens (including phenoxy) is 2. The van der Waals surface area contributed by atoms with Crippen LogP contribution >= 0.6 is 35.0 Å². The molecule has 2 aromatic carbocycles. The molecular formula is C18H15Cl2N3O3S. The van der Waals surface area contributed by atoms with Gasteiger partial charge in [-0.1, -0.05) is 35.0 Å². The average molecular weight is 424 g/mol. The first-order valence-electron chi connectivity index (χ1n) is 7.67. The van der Waals surface area contributed by atoms with Crippen LogP contribution in [0.25, 0.3) is 0 Å². The zero-order chi connectivity index (χ0) is 19.4. The summed E-state index contributed by atoms with van der Waals surface area (Å²) in [6.07, 6.45) is 1.64. The van der Waals surface area contributed by atoms with Gasteiger partial charge in [-0.3, -0.25) is 0 Å². The van der Waals surface area contributed by atoms with E-state index in [2.05, 4.69) is 15.3 Å². The maximum absolute atomic E-state index is 9.64. The van der Waals surface area contributed by atoms with Crippen LogP contribution in [0.2, 0.25) is 10.0 Å². The average Bonchev–Trinajstić information content (AvgIpc) is 2.66. The quantitative estimate of drug-likeness (QED) is 0.405. The Morgan fingerprint density at radius 1 is 1.00 bits per heavy atom. The van der Waals surface area contributed by atoms with Crippen molar-refractivity contribution in [1.29, 1.82) is 0 Å². The summed E-state index contributed by atoms with van der Waals surface area (Å²) in [5, 5.41) is 13.7.